The molecule has 2 heterocycles. The zero-order valence-corrected chi connectivity index (χ0v) is 8.46. The molecule has 1 atom stereocenters. The van der Waals surface area contributed by atoms with Gasteiger partial charge in [-0.3, -0.25) is 0 Å². The molecule has 1 aromatic rings. The number of H-pyrrole nitrogens is 1. The molecule has 1 N–H and O–H groups in total. The van der Waals surface area contributed by atoms with Crippen LogP contribution < -0.4 is 0 Å². The average molecular weight is 200 g/mol. The zero-order valence-electron chi connectivity index (χ0n) is 6.82. The van der Waals surface area contributed by atoms with E-state index in [1.165, 1.54) is 17.9 Å². The summed E-state index contributed by atoms with van der Waals surface area (Å²) < 4.78 is 2.98. The van der Waals surface area contributed by atoms with Crippen molar-refractivity contribution >= 4 is 24.0 Å². The second-order valence-electron chi connectivity index (χ2n) is 3.15. The summed E-state index contributed by atoms with van der Waals surface area (Å²) in [5, 5.41) is 0. The summed E-state index contributed by atoms with van der Waals surface area (Å²) in [6.45, 7) is 1.09. The van der Waals surface area contributed by atoms with Crippen molar-refractivity contribution in [2.24, 2.45) is 5.92 Å². The number of rotatable bonds is 2. The van der Waals surface area contributed by atoms with E-state index in [0.29, 0.717) is 0 Å². The number of thioether (sulfide) groups is 1. The van der Waals surface area contributed by atoms with Gasteiger partial charge in [0.2, 0.25) is 0 Å². The van der Waals surface area contributed by atoms with E-state index in [0.717, 1.165) is 17.2 Å². The third-order valence-corrected chi connectivity index (χ3v) is 3.78. The highest BCUT2D eigenvalue weighted by Gasteiger charge is 2.15. The molecule has 1 fully saturated rings. The molecular weight excluding hydrogens is 188 g/mol. The molecule has 0 saturated carbocycles. The number of nitrogens with zero attached hydrogens (tertiary/aromatic N) is 1. The zero-order chi connectivity index (χ0) is 8.39. The Hall–Kier alpha value is -0.220. The molecule has 0 bridgehead atoms. The topological polar surface area (TPSA) is 20.7 Å². The smallest absolute Gasteiger partial charge is 0.177 e. The summed E-state index contributed by atoms with van der Waals surface area (Å²) in [5.74, 6) is 3.45. The molecule has 0 aromatic carbocycles. The largest absolute Gasteiger partial charge is 0.337 e. The number of nitrogens with one attached hydrogen (secondary N) is 1. The summed E-state index contributed by atoms with van der Waals surface area (Å²) in [7, 11) is 0. The van der Waals surface area contributed by atoms with Crippen LogP contribution in [0.25, 0.3) is 0 Å². The predicted molar refractivity (Wildman–Crippen MR) is 55.0 cm³/mol. The third-order valence-electron chi connectivity index (χ3n) is 2.20. The van der Waals surface area contributed by atoms with Crippen molar-refractivity contribution < 1.29 is 0 Å². The van der Waals surface area contributed by atoms with E-state index in [1.807, 2.05) is 12.4 Å². The van der Waals surface area contributed by atoms with Crippen molar-refractivity contribution in [3.8, 4) is 0 Å². The van der Waals surface area contributed by atoms with Gasteiger partial charge in [0.15, 0.2) is 4.77 Å². The average Bonchev–Trinajstić information content (AvgIpc) is 2.65. The van der Waals surface area contributed by atoms with Crippen molar-refractivity contribution in [1.29, 1.82) is 0 Å². The molecule has 1 aromatic heterocycles. The van der Waals surface area contributed by atoms with Gasteiger partial charge in [-0.15, -0.1) is 0 Å². The number of aromatic amines is 1. The van der Waals surface area contributed by atoms with Crippen molar-refractivity contribution in [2.45, 2.75) is 13.0 Å². The van der Waals surface area contributed by atoms with Crippen LogP contribution in [0.2, 0.25) is 0 Å². The van der Waals surface area contributed by atoms with E-state index in [1.54, 1.807) is 0 Å². The Balaban J connectivity index is 2.03. The van der Waals surface area contributed by atoms with E-state index in [2.05, 4.69) is 21.3 Å². The standard InChI is InChI=1S/C8H12N2S2/c11-8-9-2-3-10(8)5-7-1-4-12-6-7/h2-3,7H,1,4-6H2,(H,9,11). The SMILES string of the molecule is S=c1[nH]ccn1CC1CCSC1. The molecule has 2 nitrogen and oxygen atoms in total. The van der Waals surface area contributed by atoms with Crippen LogP contribution in [-0.2, 0) is 6.54 Å². The molecule has 1 aliphatic rings. The minimum absolute atomic E-state index is 0.831. The summed E-state index contributed by atoms with van der Waals surface area (Å²) in [4.78, 5) is 3.01. The maximum atomic E-state index is 5.12. The fraction of sp³-hybridized carbons (Fsp3) is 0.625. The fourth-order valence-electron chi connectivity index (χ4n) is 1.50. The lowest BCUT2D eigenvalue weighted by atomic mass is 10.1. The Morgan fingerprint density at radius 1 is 1.75 bits per heavy atom. The number of aromatic nitrogens is 2. The Labute approximate surface area is 81.4 Å². The molecule has 1 unspecified atom stereocenters. The van der Waals surface area contributed by atoms with Crippen LogP contribution in [0.4, 0.5) is 0 Å². The number of hydrogen-bond acceptors (Lipinski definition) is 2. The Bertz CT molecular complexity index is 296. The molecule has 2 rings (SSSR count). The molecule has 0 aliphatic carbocycles. The van der Waals surface area contributed by atoms with Gasteiger partial charge in [-0.05, 0) is 36.1 Å². The summed E-state index contributed by atoms with van der Waals surface area (Å²) in [6.07, 6.45) is 5.29. The lowest BCUT2D eigenvalue weighted by Crippen LogP contribution is -2.08. The molecule has 12 heavy (non-hydrogen) atoms. The monoisotopic (exact) mass is 200 g/mol. The molecular formula is C8H12N2S2. The van der Waals surface area contributed by atoms with Gasteiger partial charge < -0.3 is 9.55 Å². The van der Waals surface area contributed by atoms with Gasteiger partial charge in [0.05, 0.1) is 0 Å². The highest BCUT2D eigenvalue weighted by atomic mass is 32.2. The lowest BCUT2D eigenvalue weighted by molar-refractivity contribution is 0.489. The molecule has 0 radical (unpaired) electrons. The van der Waals surface area contributed by atoms with E-state index < -0.39 is 0 Å². The van der Waals surface area contributed by atoms with E-state index >= 15 is 0 Å². The normalized spacial score (nSPS) is 23.2. The van der Waals surface area contributed by atoms with Gasteiger partial charge in [0.25, 0.3) is 0 Å². The number of hydrogen-bond donors (Lipinski definition) is 1. The van der Waals surface area contributed by atoms with Crippen LogP contribution >= 0.6 is 24.0 Å². The Kier molecular flexibility index (Phi) is 2.56. The molecule has 1 aliphatic heterocycles. The van der Waals surface area contributed by atoms with Crippen LogP contribution in [-0.4, -0.2) is 21.1 Å². The first kappa shape index (κ1) is 8.38. The molecule has 0 amide bonds. The Morgan fingerprint density at radius 2 is 2.67 bits per heavy atom. The van der Waals surface area contributed by atoms with Gasteiger partial charge in [0, 0.05) is 18.9 Å². The van der Waals surface area contributed by atoms with Gasteiger partial charge >= 0.3 is 0 Å². The van der Waals surface area contributed by atoms with Gasteiger partial charge in [-0.1, -0.05) is 0 Å². The van der Waals surface area contributed by atoms with Crippen LogP contribution in [0.1, 0.15) is 6.42 Å². The second-order valence-corrected chi connectivity index (χ2v) is 4.68. The Morgan fingerprint density at radius 3 is 3.25 bits per heavy atom. The van der Waals surface area contributed by atoms with Crippen LogP contribution in [0.3, 0.4) is 0 Å². The highest BCUT2D eigenvalue weighted by Crippen LogP contribution is 2.24. The predicted octanol–water partition coefficient (Wildman–Crippen LogP) is 2.30. The second kappa shape index (κ2) is 3.66. The van der Waals surface area contributed by atoms with Crippen molar-refractivity contribution in [1.82, 2.24) is 9.55 Å². The van der Waals surface area contributed by atoms with Crippen LogP contribution in [0, 0.1) is 10.7 Å². The fourth-order valence-corrected chi connectivity index (χ4v) is 2.97. The van der Waals surface area contributed by atoms with Crippen LogP contribution in [0.5, 0.6) is 0 Å². The molecule has 66 valence electrons. The minimum atomic E-state index is 0.831. The van der Waals surface area contributed by atoms with Crippen molar-refractivity contribution in [3.63, 3.8) is 0 Å². The molecule has 0 spiro atoms. The van der Waals surface area contributed by atoms with E-state index in [-0.39, 0.29) is 0 Å². The summed E-state index contributed by atoms with van der Waals surface area (Å²) in [5.41, 5.74) is 0. The molecule has 4 heteroatoms. The first-order chi connectivity index (χ1) is 5.86. The van der Waals surface area contributed by atoms with Crippen molar-refractivity contribution in [3.05, 3.63) is 17.2 Å². The van der Waals surface area contributed by atoms with Crippen molar-refractivity contribution in [2.75, 3.05) is 11.5 Å². The summed E-state index contributed by atoms with van der Waals surface area (Å²) >= 11 is 7.17. The van der Waals surface area contributed by atoms with Gasteiger partial charge in [0.1, 0.15) is 0 Å². The first-order valence-corrected chi connectivity index (χ1v) is 5.74. The summed E-state index contributed by atoms with van der Waals surface area (Å²) in [6, 6.07) is 0. The lowest BCUT2D eigenvalue weighted by Gasteiger charge is -2.07. The maximum Gasteiger partial charge on any atom is 0.177 e. The number of imidazole rings is 1. The minimum Gasteiger partial charge on any atom is -0.337 e. The van der Waals surface area contributed by atoms with Gasteiger partial charge in [-0.25, -0.2) is 0 Å². The van der Waals surface area contributed by atoms with Gasteiger partial charge in [-0.2, -0.15) is 11.8 Å². The quantitative estimate of drug-likeness (QED) is 0.739. The molecule has 1 saturated heterocycles. The van der Waals surface area contributed by atoms with Crippen LogP contribution in [0.15, 0.2) is 12.4 Å². The highest BCUT2D eigenvalue weighted by molar-refractivity contribution is 7.99. The third kappa shape index (κ3) is 1.75. The first-order valence-electron chi connectivity index (χ1n) is 4.18. The van der Waals surface area contributed by atoms with E-state index in [4.69, 9.17) is 12.2 Å². The van der Waals surface area contributed by atoms with E-state index in [9.17, 15) is 0 Å². The maximum absolute atomic E-state index is 5.12.